The standard InChI is InChI=1S/C23H27N5O2/c29-21-8-17-11-26(10-16(17)7-20(21)28-14-24-13-25-28)12-18-9-22(30)27-6-2-4-15-3-1-5-19(18)23(15)27/h1,3,5,9,13-14,16-17,20-21,29H,2,4,6-8,10-12H2/t16-,17+,20-,21-/m1/s1. The van der Waals surface area contributed by atoms with Crippen LogP contribution in [-0.4, -0.2) is 48.5 Å². The normalized spacial score (nSPS) is 28.7. The molecule has 4 heterocycles. The summed E-state index contributed by atoms with van der Waals surface area (Å²) < 4.78 is 3.78. The molecule has 0 amide bonds. The van der Waals surface area contributed by atoms with Gasteiger partial charge in [0.15, 0.2) is 0 Å². The topological polar surface area (TPSA) is 76.2 Å². The maximum atomic E-state index is 12.8. The second-order valence-electron chi connectivity index (χ2n) is 9.27. The summed E-state index contributed by atoms with van der Waals surface area (Å²) in [6.07, 6.45) is 6.69. The van der Waals surface area contributed by atoms with Crippen LogP contribution in [0.5, 0.6) is 0 Å². The van der Waals surface area contributed by atoms with E-state index in [9.17, 15) is 9.90 Å². The highest BCUT2D eigenvalue weighted by Gasteiger charge is 2.42. The lowest BCUT2D eigenvalue weighted by atomic mass is 9.77. The summed E-state index contributed by atoms with van der Waals surface area (Å²) in [5.41, 5.74) is 3.71. The van der Waals surface area contributed by atoms with Crippen LogP contribution >= 0.6 is 0 Å². The predicted molar refractivity (Wildman–Crippen MR) is 113 cm³/mol. The van der Waals surface area contributed by atoms with Gasteiger partial charge < -0.3 is 9.67 Å². The summed E-state index contributed by atoms with van der Waals surface area (Å²) in [4.78, 5) is 19.3. The van der Waals surface area contributed by atoms with Crippen LogP contribution in [0.2, 0.25) is 0 Å². The Morgan fingerprint density at radius 2 is 2.03 bits per heavy atom. The Labute approximate surface area is 175 Å². The molecule has 3 aromatic rings. The zero-order valence-electron chi connectivity index (χ0n) is 17.0. The Balaban J connectivity index is 1.27. The molecule has 30 heavy (non-hydrogen) atoms. The van der Waals surface area contributed by atoms with E-state index in [1.807, 2.05) is 15.3 Å². The van der Waals surface area contributed by atoms with E-state index in [0.29, 0.717) is 11.8 Å². The van der Waals surface area contributed by atoms with Gasteiger partial charge in [0.25, 0.3) is 5.56 Å². The number of para-hydroxylation sites is 1. The number of likely N-dealkylation sites (tertiary alicyclic amines) is 1. The molecule has 1 N–H and O–H groups in total. The second kappa shape index (κ2) is 7.03. The van der Waals surface area contributed by atoms with Gasteiger partial charge >= 0.3 is 0 Å². The molecular weight excluding hydrogens is 378 g/mol. The lowest BCUT2D eigenvalue weighted by molar-refractivity contribution is 0.0304. The fourth-order valence-electron chi connectivity index (χ4n) is 6.11. The van der Waals surface area contributed by atoms with Crippen LogP contribution in [0.4, 0.5) is 0 Å². The minimum Gasteiger partial charge on any atom is -0.391 e. The molecule has 0 spiro atoms. The van der Waals surface area contributed by atoms with Crippen molar-refractivity contribution in [2.75, 3.05) is 13.1 Å². The second-order valence-corrected chi connectivity index (χ2v) is 9.27. The molecule has 6 rings (SSSR count). The number of aryl methyl sites for hydroxylation is 2. The minimum atomic E-state index is -0.377. The van der Waals surface area contributed by atoms with Gasteiger partial charge in [-0.2, -0.15) is 5.10 Å². The van der Waals surface area contributed by atoms with Gasteiger partial charge in [0.1, 0.15) is 12.7 Å². The highest BCUT2D eigenvalue weighted by atomic mass is 16.3. The first-order valence-electron chi connectivity index (χ1n) is 11.1. The molecule has 156 valence electrons. The van der Waals surface area contributed by atoms with Crippen molar-refractivity contribution < 1.29 is 5.11 Å². The molecule has 2 aliphatic heterocycles. The fraction of sp³-hybridized carbons (Fsp3) is 0.522. The van der Waals surface area contributed by atoms with Crippen molar-refractivity contribution in [2.45, 2.75) is 50.9 Å². The summed E-state index contributed by atoms with van der Waals surface area (Å²) in [6.45, 7) is 3.61. The van der Waals surface area contributed by atoms with Crippen LogP contribution in [0.25, 0.3) is 10.9 Å². The Hall–Kier alpha value is -2.51. The zero-order valence-corrected chi connectivity index (χ0v) is 17.0. The Kier molecular flexibility index (Phi) is 4.28. The third-order valence-corrected chi connectivity index (χ3v) is 7.48. The Morgan fingerprint density at radius 3 is 2.87 bits per heavy atom. The van der Waals surface area contributed by atoms with Gasteiger partial charge in [-0.1, -0.05) is 18.2 Å². The average Bonchev–Trinajstić information content (AvgIpc) is 3.40. The van der Waals surface area contributed by atoms with Crippen molar-refractivity contribution in [3.05, 3.63) is 58.4 Å². The highest BCUT2D eigenvalue weighted by molar-refractivity contribution is 5.86. The van der Waals surface area contributed by atoms with E-state index >= 15 is 0 Å². The molecule has 0 radical (unpaired) electrons. The van der Waals surface area contributed by atoms with Crippen LogP contribution < -0.4 is 5.56 Å². The summed E-state index contributed by atoms with van der Waals surface area (Å²) >= 11 is 0. The molecule has 1 saturated heterocycles. The number of aliphatic hydroxyl groups excluding tert-OH is 1. The summed E-state index contributed by atoms with van der Waals surface area (Å²) in [6, 6.07) is 8.33. The number of aliphatic hydroxyl groups is 1. The number of fused-ring (bicyclic) bond motifs is 1. The lowest BCUT2D eigenvalue weighted by Gasteiger charge is -2.35. The molecule has 2 aromatic heterocycles. The number of pyridine rings is 1. The number of benzene rings is 1. The molecule has 2 fully saturated rings. The Bertz CT molecular complexity index is 1140. The molecule has 1 aliphatic carbocycles. The number of rotatable bonds is 3. The Morgan fingerprint density at radius 1 is 1.17 bits per heavy atom. The molecule has 1 saturated carbocycles. The number of nitrogens with zero attached hydrogens (tertiary/aromatic N) is 5. The van der Waals surface area contributed by atoms with Crippen molar-refractivity contribution in [3.8, 4) is 0 Å². The maximum absolute atomic E-state index is 12.8. The highest BCUT2D eigenvalue weighted by Crippen LogP contribution is 2.41. The van der Waals surface area contributed by atoms with Gasteiger partial charge in [0.05, 0.1) is 17.7 Å². The van der Waals surface area contributed by atoms with Gasteiger partial charge in [-0.3, -0.25) is 9.69 Å². The molecule has 7 heteroatoms. The quantitative estimate of drug-likeness (QED) is 0.721. The molecule has 0 unspecified atom stereocenters. The van der Waals surface area contributed by atoms with E-state index in [1.165, 1.54) is 17.3 Å². The summed E-state index contributed by atoms with van der Waals surface area (Å²) in [5, 5.41) is 16.2. The summed E-state index contributed by atoms with van der Waals surface area (Å²) in [5.74, 6) is 1.05. The monoisotopic (exact) mass is 405 g/mol. The van der Waals surface area contributed by atoms with Crippen LogP contribution in [0.15, 0.2) is 41.7 Å². The zero-order chi connectivity index (χ0) is 20.2. The molecule has 4 atom stereocenters. The maximum Gasteiger partial charge on any atom is 0.251 e. The van der Waals surface area contributed by atoms with E-state index in [2.05, 4.69) is 33.2 Å². The number of hydrogen-bond donors (Lipinski definition) is 1. The van der Waals surface area contributed by atoms with E-state index in [4.69, 9.17) is 0 Å². The van der Waals surface area contributed by atoms with Gasteiger partial charge in [-0.15, -0.1) is 0 Å². The fourth-order valence-corrected chi connectivity index (χ4v) is 6.11. The lowest BCUT2D eigenvalue weighted by Crippen LogP contribution is -2.36. The first kappa shape index (κ1) is 18.3. The molecular formula is C23H27N5O2. The number of aromatic nitrogens is 4. The van der Waals surface area contributed by atoms with Crippen LogP contribution in [0, 0.1) is 11.8 Å². The minimum absolute atomic E-state index is 0.0128. The van der Waals surface area contributed by atoms with Gasteiger partial charge in [0.2, 0.25) is 0 Å². The summed E-state index contributed by atoms with van der Waals surface area (Å²) in [7, 11) is 0. The molecule has 1 aromatic carbocycles. The van der Waals surface area contributed by atoms with Crippen molar-refractivity contribution in [1.29, 1.82) is 0 Å². The molecule has 3 aliphatic rings. The van der Waals surface area contributed by atoms with E-state index in [1.54, 1.807) is 6.33 Å². The predicted octanol–water partition coefficient (Wildman–Crippen LogP) is 1.98. The van der Waals surface area contributed by atoms with Crippen LogP contribution in [0.1, 0.15) is 36.4 Å². The SMILES string of the molecule is O=c1cc(CN2C[C@H]3C[C@@H](n4cncn4)[C@H](O)C[C@H]3C2)c2cccc3c2n1CCC3. The van der Waals surface area contributed by atoms with Crippen LogP contribution in [0.3, 0.4) is 0 Å². The molecule has 7 nitrogen and oxygen atoms in total. The number of hydrogen-bond acceptors (Lipinski definition) is 5. The van der Waals surface area contributed by atoms with Crippen molar-refractivity contribution in [2.24, 2.45) is 11.8 Å². The van der Waals surface area contributed by atoms with Crippen LogP contribution in [-0.2, 0) is 19.5 Å². The third-order valence-electron chi connectivity index (χ3n) is 7.48. The van der Waals surface area contributed by atoms with Crippen molar-refractivity contribution in [1.82, 2.24) is 24.2 Å². The van der Waals surface area contributed by atoms with E-state index < -0.39 is 0 Å². The van der Waals surface area contributed by atoms with Crippen molar-refractivity contribution >= 4 is 10.9 Å². The first-order valence-corrected chi connectivity index (χ1v) is 11.1. The van der Waals surface area contributed by atoms with E-state index in [-0.39, 0.29) is 17.7 Å². The smallest absolute Gasteiger partial charge is 0.251 e. The average molecular weight is 406 g/mol. The van der Waals surface area contributed by atoms with Gasteiger partial charge in [-0.25, -0.2) is 9.67 Å². The van der Waals surface area contributed by atoms with E-state index in [0.717, 1.165) is 62.9 Å². The van der Waals surface area contributed by atoms with Crippen molar-refractivity contribution in [3.63, 3.8) is 0 Å². The first-order chi connectivity index (χ1) is 14.7. The van der Waals surface area contributed by atoms with Gasteiger partial charge in [0, 0.05) is 37.6 Å². The third kappa shape index (κ3) is 2.91. The van der Waals surface area contributed by atoms with Gasteiger partial charge in [-0.05, 0) is 48.6 Å². The largest absolute Gasteiger partial charge is 0.391 e. The molecule has 0 bridgehead atoms.